The Balaban J connectivity index is 0.990. The molecule has 0 aromatic carbocycles. The first-order valence-corrected chi connectivity index (χ1v) is 41.9. The molecule has 0 bridgehead atoms. The van der Waals surface area contributed by atoms with Crippen LogP contribution in [0.5, 0.6) is 0 Å². The van der Waals surface area contributed by atoms with Gasteiger partial charge in [-0.05, 0) is 0 Å². The van der Waals surface area contributed by atoms with E-state index in [0.29, 0.717) is 0 Å². The maximum atomic E-state index is 13.5. The summed E-state index contributed by atoms with van der Waals surface area (Å²) in [4.78, 5) is 78.0. The topological polar surface area (TPSA) is 945 Å². The zero-order chi connectivity index (χ0) is 98.3. The fourth-order valence-electron chi connectivity index (χ4n) is 17.0. The van der Waals surface area contributed by atoms with Crippen molar-refractivity contribution in [3.8, 4) is 0 Å². The Hall–Kier alpha value is -5.10. The van der Waals surface area contributed by atoms with Crippen molar-refractivity contribution < 1.29 is 272 Å². The Bertz CT molecular complexity index is 3700. The molecule has 10 rings (SSSR count). The van der Waals surface area contributed by atoms with Crippen LogP contribution < -0.4 is 26.6 Å². The molecule has 51 atom stereocenters. The summed E-state index contributed by atoms with van der Waals surface area (Å²) in [6, 6.07) is -9.99. The van der Waals surface area contributed by atoms with Gasteiger partial charge in [0.25, 0.3) is 5.79 Å². The number of hydrogen-bond donors (Lipinski definition) is 35. The van der Waals surface area contributed by atoms with Crippen molar-refractivity contribution in [3.63, 3.8) is 0 Å². The summed E-state index contributed by atoms with van der Waals surface area (Å²) in [6.07, 6.45) is -101. The molecule has 35 N–H and O–H groups in total. The van der Waals surface area contributed by atoms with E-state index in [2.05, 4.69) is 26.6 Å². The fraction of sp³-hybridized carbons (Fsp3) is 0.918. The highest BCUT2D eigenvalue weighted by Gasteiger charge is 2.64. The largest absolute Gasteiger partial charge is 0.477 e. The molecule has 0 aromatic rings. The lowest BCUT2D eigenvalue weighted by molar-refractivity contribution is -0.398. The van der Waals surface area contributed by atoms with Crippen LogP contribution in [-0.4, -0.2) is 574 Å². The molecule has 10 aliphatic rings. The average Bonchev–Trinajstić information content (AvgIpc) is 0.739. The number of carboxylic acid groups (broad SMARTS) is 1. The van der Waals surface area contributed by atoms with E-state index in [-0.39, 0.29) is 0 Å². The van der Waals surface area contributed by atoms with Crippen molar-refractivity contribution >= 4 is 35.5 Å². The lowest BCUT2D eigenvalue weighted by Crippen LogP contribution is -2.73. The van der Waals surface area contributed by atoms with Crippen LogP contribution in [0.25, 0.3) is 0 Å². The molecule has 133 heavy (non-hydrogen) atoms. The van der Waals surface area contributed by atoms with Gasteiger partial charge >= 0.3 is 5.97 Å². The van der Waals surface area contributed by atoms with Crippen LogP contribution in [0, 0.1) is 0 Å². The lowest BCUT2D eigenvalue weighted by atomic mass is 9.88. The second-order valence-corrected chi connectivity index (χ2v) is 33.2. The Kier molecular flexibility index (Phi) is 39.6. The smallest absolute Gasteiger partial charge is 0.364 e. The summed E-state index contributed by atoms with van der Waals surface area (Å²) in [5.74, 6) is -10.9. The maximum Gasteiger partial charge on any atom is 0.364 e. The van der Waals surface area contributed by atoms with Gasteiger partial charge in [0, 0.05) is 34.1 Å². The zero-order valence-corrected chi connectivity index (χ0v) is 71.0. The van der Waals surface area contributed by atoms with Gasteiger partial charge in [0.15, 0.2) is 56.6 Å². The van der Waals surface area contributed by atoms with Gasteiger partial charge in [-0.2, -0.15) is 0 Å². The number of hydrogen-bond acceptors (Lipinski definition) is 54. The van der Waals surface area contributed by atoms with E-state index < -0.39 is 427 Å². The minimum Gasteiger partial charge on any atom is -0.477 e. The van der Waals surface area contributed by atoms with Crippen LogP contribution in [0.3, 0.4) is 0 Å². The first kappa shape index (κ1) is 110. The molecule has 60 nitrogen and oxygen atoms in total. The van der Waals surface area contributed by atoms with Gasteiger partial charge in [-0.3, -0.25) is 24.0 Å². The summed E-state index contributed by atoms with van der Waals surface area (Å²) < 4.78 is 113. The number of ether oxygens (including phenoxy) is 19. The van der Waals surface area contributed by atoms with Crippen molar-refractivity contribution in [2.45, 2.75) is 346 Å². The van der Waals surface area contributed by atoms with Gasteiger partial charge in [-0.1, -0.05) is 0 Å². The monoisotopic (exact) mass is 1950 g/mol. The Morgan fingerprint density at radius 1 is 0.323 bits per heavy atom. The van der Waals surface area contributed by atoms with Crippen LogP contribution >= 0.6 is 0 Å². The highest BCUT2D eigenvalue weighted by molar-refractivity contribution is 5.78. The third-order valence-corrected chi connectivity index (χ3v) is 23.9. The van der Waals surface area contributed by atoms with E-state index in [9.17, 15) is 182 Å². The molecule has 0 spiro atoms. The van der Waals surface area contributed by atoms with Gasteiger partial charge in [-0.15, -0.1) is 0 Å². The zero-order valence-electron chi connectivity index (χ0n) is 71.0. The van der Waals surface area contributed by atoms with Crippen LogP contribution in [0.2, 0.25) is 0 Å². The standard InChI is InChI=1S/C73H121N5O55/c1-17(88)74-34-45(102)55(27(11-84)117-63(34)112)126-64-35(75-18(2)89)47(104)57(29(13-86)122-64)128-70-54(111)61(44(101)31(125-70)16-116-68-53(110)60(129-69-52(109)49(106)40(97)24(8-81)120-69)43(100)30(124-68)15-115-67-51(108)48(105)39(96)23(7-80)119-67)130-71-62(50(107)41(98)25(9-82)121-71)131-65-36(76-19(3)90)46(103)56(28(12-85)123-65)127-66-37(77-20(4)91)59(42(99)26(10-83)118-66)133-73(72(113)114)5-21(92)33(78-32(94)14-87)58(132-73)38(95)22(93)6-79/h21-31,33-71,79-87,92-93,95-112H,5-16H2,1-4H3,(H,74,88)(H,75,89)(H,76,90)(H,77,91)(H,78,94)(H,113,114)/t21-,22+,23+,24+,25+,26+,27+,28+,29+,30+,31+,33+,34+,35+,36+,37+,38+,39+,40+,41+,42-,43+,44+,45+,46+,47+,48-,49-,50-,51-,52-,53-,54-,55+,56+,57+,58+,59+,60-,61-,62-,63?,64-,65-,66-,67-,68-,69+,70-,71+,73-/m0/s1. The molecule has 0 saturated carbocycles. The summed E-state index contributed by atoms with van der Waals surface area (Å²) in [6.45, 7) is -9.55. The van der Waals surface area contributed by atoms with Crippen LogP contribution in [0.4, 0.5) is 0 Å². The van der Waals surface area contributed by atoms with Crippen molar-refractivity contribution in [1.29, 1.82) is 0 Å². The minimum atomic E-state index is -3.40. The number of nitrogens with one attached hydrogen (secondary N) is 5. The highest BCUT2D eigenvalue weighted by atomic mass is 16.8. The molecule has 1 unspecified atom stereocenters. The summed E-state index contributed by atoms with van der Waals surface area (Å²) in [7, 11) is 0. The number of aliphatic hydroxyl groups excluding tert-OH is 29. The van der Waals surface area contributed by atoms with Gasteiger partial charge in [0.1, 0.15) is 244 Å². The number of carboxylic acids is 1. The number of carbonyl (C=O) groups is 6. The molecule has 0 aliphatic carbocycles. The highest BCUT2D eigenvalue weighted by Crippen LogP contribution is 2.43. The number of amides is 5. The van der Waals surface area contributed by atoms with Crippen molar-refractivity contribution in [1.82, 2.24) is 26.6 Å². The van der Waals surface area contributed by atoms with Crippen molar-refractivity contribution in [3.05, 3.63) is 0 Å². The van der Waals surface area contributed by atoms with Crippen molar-refractivity contribution in [2.24, 2.45) is 0 Å². The molecule has 5 amide bonds. The first-order valence-electron chi connectivity index (χ1n) is 41.9. The van der Waals surface area contributed by atoms with E-state index in [1.807, 2.05) is 0 Å². The average molecular weight is 1950 g/mol. The van der Waals surface area contributed by atoms with Crippen LogP contribution in [-0.2, 0) is 119 Å². The Morgan fingerprint density at radius 3 is 1.11 bits per heavy atom. The predicted molar refractivity (Wildman–Crippen MR) is 406 cm³/mol. The summed E-state index contributed by atoms with van der Waals surface area (Å²) in [5.41, 5.74) is 0. The Labute approximate surface area is 751 Å². The molecular weight excluding hydrogens is 1830 g/mol. The van der Waals surface area contributed by atoms with E-state index >= 15 is 0 Å². The first-order chi connectivity index (χ1) is 62.8. The molecule has 0 radical (unpaired) electrons. The van der Waals surface area contributed by atoms with E-state index in [4.69, 9.17) is 90.0 Å². The fourth-order valence-corrected chi connectivity index (χ4v) is 17.0. The predicted octanol–water partition coefficient (Wildman–Crippen LogP) is -23.9. The third-order valence-electron chi connectivity index (χ3n) is 23.9. The molecule has 768 valence electrons. The quantitative estimate of drug-likeness (QED) is 0.0275. The molecule has 10 aliphatic heterocycles. The van der Waals surface area contributed by atoms with Crippen LogP contribution in [0.15, 0.2) is 0 Å². The maximum absolute atomic E-state index is 13.5. The minimum absolute atomic E-state index is 0.822. The van der Waals surface area contributed by atoms with Gasteiger partial charge in [0.2, 0.25) is 29.5 Å². The third kappa shape index (κ3) is 24.6. The van der Waals surface area contributed by atoms with Crippen LogP contribution in [0.1, 0.15) is 34.1 Å². The Morgan fingerprint density at radius 2 is 0.654 bits per heavy atom. The molecule has 10 saturated heterocycles. The summed E-state index contributed by atoms with van der Waals surface area (Å²) >= 11 is 0. The summed E-state index contributed by atoms with van der Waals surface area (Å²) in [5, 5.41) is 346. The van der Waals surface area contributed by atoms with Crippen molar-refractivity contribution in [2.75, 3.05) is 72.7 Å². The van der Waals surface area contributed by atoms with Gasteiger partial charge in [-0.25, -0.2) is 4.79 Å². The van der Waals surface area contributed by atoms with E-state index in [1.165, 1.54) is 0 Å². The second-order valence-electron chi connectivity index (χ2n) is 33.2. The molecule has 60 heteroatoms. The number of aliphatic hydroxyl groups is 29. The molecular formula is C73H121N5O55. The SMILES string of the molecule is CC(=O)N[C@H]1[C@H](O[C@H]2[C@H](O)[C@@H](NC(C)=O)C(O)O[C@@H]2CO)O[C@H](CO)[C@@H](O[C@@H]2O[C@H](CO[C@H]3O[C@H](CO[C@H]4O[C@H](CO)[C@@H](O)[C@H](O)[C@@H]4O)[C@@H](O)[C@H](O[C@H]4O[C@H](CO)[C@@H](O)[C@H](O)[C@@H]4O)[C@@H]3O)[C@@H](O)[C@H](O[C@H]3O[C@H](CO)[C@@H](O)[C@H](O)[C@@H]3O[C@@H]3O[C@H](CO)[C@@H](O[C@@H]4O[C@H](CO)[C@H](O)[C@H](O[C@]5(C(=O)O)C[C@H](O)[C@@H](NC(=O)CO)[C@H]([C@H](O)[C@H](O)CO)O5)[C@H]4NC(C)=O)[C@H](O)[C@H]3NC(C)=O)[C@@H]2O)[C@@H]1O. The molecule has 0 aromatic heterocycles. The normalized spacial score (nSPS) is 47.0. The van der Waals surface area contributed by atoms with Gasteiger partial charge < -0.3 is 270 Å². The van der Waals surface area contributed by atoms with E-state index in [1.54, 1.807) is 0 Å². The molecule has 10 fully saturated rings. The second kappa shape index (κ2) is 47.9. The van der Waals surface area contributed by atoms with Gasteiger partial charge in [0.05, 0.1) is 78.2 Å². The lowest BCUT2D eigenvalue weighted by Gasteiger charge is -2.52. The number of rotatable bonds is 37. The molecule has 10 heterocycles. The van der Waals surface area contributed by atoms with E-state index in [0.717, 1.165) is 27.7 Å². The number of aliphatic carboxylic acids is 1. The number of carbonyl (C=O) groups excluding carboxylic acids is 5.